The van der Waals surface area contributed by atoms with Gasteiger partial charge in [0.1, 0.15) is 0 Å². The number of nitrogens with zero attached hydrogens (tertiary/aromatic N) is 1. The summed E-state index contributed by atoms with van der Waals surface area (Å²) in [6.07, 6.45) is 2.76. The summed E-state index contributed by atoms with van der Waals surface area (Å²) in [5.41, 5.74) is 4.05. The quantitative estimate of drug-likeness (QED) is 0.881. The molecule has 1 fully saturated rings. The van der Waals surface area contributed by atoms with E-state index < -0.39 is 0 Å². The molecular formula is C20H24N2. The third-order valence-electron chi connectivity index (χ3n) is 5.38. The van der Waals surface area contributed by atoms with E-state index in [-0.39, 0.29) is 0 Å². The van der Waals surface area contributed by atoms with E-state index in [0.29, 0.717) is 18.0 Å². The predicted molar refractivity (Wildman–Crippen MR) is 93.3 cm³/mol. The van der Waals surface area contributed by atoms with Gasteiger partial charge in [-0.25, -0.2) is 0 Å². The summed E-state index contributed by atoms with van der Waals surface area (Å²) in [5.74, 6) is 1.46. The molecule has 0 amide bonds. The number of benzene rings is 2. The Morgan fingerprint density at radius 2 is 1.64 bits per heavy atom. The number of hydrogen-bond acceptors (Lipinski definition) is 2. The van der Waals surface area contributed by atoms with Gasteiger partial charge in [-0.15, -0.1) is 0 Å². The lowest BCUT2D eigenvalue weighted by Gasteiger charge is -2.44. The summed E-state index contributed by atoms with van der Waals surface area (Å²) in [6, 6.07) is 20.6. The largest absolute Gasteiger partial charge is 0.381 e. The van der Waals surface area contributed by atoms with Crippen LogP contribution in [0.15, 0.2) is 54.6 Å². The van der Waals surface area contributed by atoms with Crippen molar-refractivity contribution >= 4 is 11.4 Å². The number of anilines is 2. The molecule has 1 saturated carbocycles. The van der Waals surface area contributed by atoms with Gasteiger partial charge < -0.3 is 10.2 Å². The Balaban J connectivity index is 1.75. The van der Waals surface area contributed by atoms with Crippen molar-refractivity contribution in [1.29, 1.82) is 0 Å². The first-order valence-electron chi connectivity index (χ1n) is 8.39. The molecule has 0 bridgehead atoms. The van der Waals surface area contributed by atoms with Crippen LogP contribution >= 0.6 is 0 Å². The van der Waals surface area contributed by atoms with Gasteiger partial charge in [-0.05, 0) is 42.5 Å². The molecule has 1 aliphatic heterocycles. The lowest BCUT2D eigenvalue weighted by atomic mass is 9.80. The zero-order valence-electron chi connectivity index (χ0n) is 13.4. The van der Waals surface area contributed by atoms with Gasteiger partial charge in [0.25, 0.3) is 0 Å². The van der Waals surface area contributed by atoms with E-state index in [1.807, 2.05) is 0 Å². The van der Waals surface area contributed by atoms with Crippen LogP contribution in [-0.4, -0.2) is 13.1 Å². The molecule has 1 heterocycles. The van der Waals surface area contributed by atoms with Gasteiger partial charge >= 0.3 is 0 Å². The van der Waals surface area contributed by atoms with Crippen LogP contribution in [0, 0.1) is 11.8 Å². The molecular weight excluding hydrogens is 268 g/mol. The molecule has 114 valence electrons. The third kappa shape index (κ3) is 2.27. The molecule has 0 spiro atoms. The van der Waals surface area contributed by atoms with Gasteiger partial charge in [-0.2, -0.15) is 0 Å². The van der Waals surface area contributed by atoms with Crippen LogP contribution < -0.4 is 10.2 Å². The van der Waals surface area contributed by atoms with E-state index in [4.69, 9.17) is 0 Å². The summed E-state index contributed by atoms with van der Waals surface area (Å²) in [6.45, 7) is 2.41. The molecule has 2 aliphatic rings. The minimum atomic E-state index is 0.436. The van der Waals surface area contributed by atoms with Crippen LogP contribution in [0.1, 0.15) is 31.4 Å². The number of nitrogens with one attached hydrogen (secondary N) is 1. The standard InChI is InChI=1S/C20H24N2/c1-14-19(15-12-13-15)21-18-11-7-6-10-17(18)20(14)22(2)16-8-4-3-5-9-16/h3-11,14-15,19-21H,12-13H2,1-2H3. The van der Waals surface area contributed by atoms with Crippen LogP contribution in [0.3, 0.4) is 0 Å². The molecule has 0 aromatic heterocycles. The molecule has 4 rings (SSSR count). The molecule has 22 heavy (non-hydrogen) atoms. The van der Waals surface area contributed by atoms with Crippen molar-refractivity contribution in [2.45, 2.75) is 31.8 Å². The fourth-order valence-electron chi connectivity index (χ4n) is 4.06. The fraction of sp³-hybridized carbons (Fsp3) is 0.400. The van der Waals surface area contributed by atoms with Crippen molar-refractivity contribution in [3.8, 4) is 0 Å². The molecule has 0 radical (unpaired) electrons. The first-order chi connectivity index (χ1) is 10.8. The number of fused-ring (bicyclic) bond motifs is 1. The summed E-state index contributed by atoms with van der Waals surface area (Å²) >= 11 is 0. The number of para-hydroxylation sites is 2. The first kappa shape index (κ1) is 13.7. The van der Waals surface area contributed by atoms with E-state index in [1.165, 1.54) is 29.8 Å². The van der Waals surface area contributed by atoms with Crippen molar-refractivity contribution in [1.82, 2.24) is 0 Å². The second-order valence-electron chi connectivity index (χ2n) is 6.85. The van der Waals surface area contributed by atoms with Gasteiger partial charge in [-0.1, -0.05) is 43.3 Å². The maximum absolute atomic E-state index is 3.82. The van der Waals surface area contributed by atoms with Gasteiger partial charge in [0, 0.05) is 30.4 Å². The Morgan fingerprint density at radius 3 is 2.36 bits per heavy atom. The Morgan fingerprint density at radius 1 is 0.955 bits per heavy atom. The number of rotatable bonds is 3. The second-order valence-corrected chi connectivity index (χ2v) is 6.85. The minimum absolute atomic E-state index is 0.436. The zero-order valence-corrected chi connectivity index (χ0v) is 13.4. The first-order valence-corrected chi connectivity index (χ1v) is 8.39. The smallest absolute Gasteiger partial charge is 0.0604 e. The topological polar surface area (TPSA) is 15.3 Å². The maximum Gasteiger partial charge on any atom is 0.0604 e. The molecule has 0 saturated heterocycles. The average molecular weight is 292 g/mol. The summed E-state index contributed by atoms with van der Waals surface area (Å²) in [7, 11) is 2.24. The lowest BCUT2D eigenvalue weighted by molar-refractivity contribution is 0.352. The van der Waals surface area contributed by atoms with E-state index >= 15 is 0 Å². The SMILES string of the molecule is CC1C(C2CC2)Nc2ccccc2C1N(C)c1ccccc1. The van der Waals surface area contributed by atoms with Crippen LogP contribution in [-0.2, 0) is 0 Å². The van der Waals surface area contributed by atoms with Crippen molar-refractivity contribution in [2.24, 2.45) is 11.8 Å². The van der Waals surface area contributed by atoms with E-state index in [9.17, 15) is 0 Å². The number of hydrogen-bond donors (Lipinski definition) is 1. The van der Waals surface area contributed by atoms with E-state index in [1.54, 1.807) is 0 Å². The molecule has 2 nitrogen and oxygen atoms in total. The zero-order chi connectivity index (χ0) is 15.1. The monoisotopic (exact) mass is 292 g/mol. The highest BCUT2D eigenvalue weighted by Gasteiger charge is 2.43. The molecule has 2 heteroatoms. The predicted octanol–water partition coefficient (Wildman–Crippen LogP) is 4.70. The van der Waals surface area contributed by atoms with Crippen LogP contribution in [0.25, 0.3) is 0 Å². The molecule has 2 aromatic carbocycles. The Bertz CT molecular complexity index is 648. The molecule has 3 atom stereocenters. The molecule has 3 unspecified atom stereocenters. The second kappa shape index (κ2) is 5.35. The van der Waals surface area contributed by atoms with Gasteiger partial charge in [0.05, 0.1) is 6.04 Å². The van der Waals surface area contributed by atoms with Crippen LogP contribution in [0.4, 0.5) is 11.4 Å². The Kier molecular flexibility index (Phi) is 3.33. The molecule has 1 aliphatic carbocycles. The van der Waals surface area contributed by atoms with E-state index in [2.05, 4.69) is 78.8 Å². The highest BCUT2D eigenvalue weighted by molar-refractivity contribution is 5.60. The minimum Gasteiger partial charge on any atom is -0.381 e. The average Bonchev–Trinajstić information content (AvgIpc) is 3.39. The van der Waals surface area contributed by atoms with Crippen molar-refractivity contribution in [3.63, 3.8) is 0 Å². The lowest BCUT2D eigenvalue weighted by Crippen LogP contribution is -2.44. The Hall–Kier alpha value is -1.96. The summed E-state index contributed by atoms with van der Waals surface area (Å²) in [5, 5.41) is 3.82. The van der Waals surface area contributed by atoms with Gasteiger partial charge in [-0.3, -0.25) is 0 Å². The Labute approximate surface area is 133 Å². The van der Waals surface area contributed by atoms with Crippen molar-refractivity contribution in [3.05, 3.63) is 60.2 Å². The van der Waals surface area contributed by atoms with Crippen molar-refractivity contribution < 1.29 is 0 Å². The maximum atomic E-state index is 3.82. The normalized spacial score (nSPS) is 26.9. The van der Waals surface area contributed by atoms with Crippen molar-refractivity contribution in [2.75, 3.05) is 17.3 Å². The molecule has 2 aromatic rings. The van der Waals surface area contributed by atoms with Crippen LogP contribution in [0.2, 0.25) is 0 Å². The van der Waals surface area contributed by atoms with Crippen LogP contribution in [0.5, 0.6) is 0 Å². The highest BCUT2D eigenvalue weighted by atomic mass is 15.2. The van der Waals surface area contributed by atoms with Gasteiger partial charge in [0.2, 0.25) is 0 Å². The van der Waals surface area contributed by atoms with Gasteiger partial charge in [0.15, 0.2) is 0 Å². The fourth-order valence-corrected chi connectivity index (χ4v) is 4.06. The highest BCUT2D eigenvalue weighted by Crippen LogP contribution is 2.48. The summed E-state index contributed by atoms with van der Waals surface area (Å²) in [4.78, 5) is 2.46. The third-order valence-corrected chi connectivity index (χ3v) is 5.38. The molecule has 1 N–H and O–H groups in total. The van der Waals surface area contributed by atoms with E-state index in [0.717, 1.165) is 5.92 Å². The summed E-state index contributed by atoms with van der Waals surface area (Å²) < 4.78 is 0.